The molecule has 0 atom stereocenters. The summed E-state index contributed by atoms with van der Waals surface area (Å²) < 4.78 is 6.81. The Morgan fingerprint density at radius 3 is 1.37 bits per heavy atom. The number of hydrogen-bond acceptors (Lipinski definition) is 1. The van der Waals surface area contributed by atoms with E-state index in [1.807, 2.05) is 0 Å². The minimum absolute atomic E-state index is 0.467. The molecule has 9 aromatic carbocycles. The van der Waals surface area contributed by atoms with E-state index in [4.69, 9.17) is 4.74 Å². The molecule has 0 amide bonds. The monoisotopic (exact) mass is 724 g/mol. The van der Waals surface area contributed by atoms with Crippen LogP contribution in [0, 0.1) is 0 Å². The molecule has 0 saturated carbocycles. The number of fused-ring (bicyclic) bond motifs is 12. The molecule has 0 saturated heterocycles. The summed E-state index contributed by atoms with van der Waals surface area (Å²) in [5.74, 6) is 1.80. The van der Waals surface area contributed by atoms with Crippen molar-refractivity contribution in [2.24, 2.45) is 0 Å². The quantitative estimate of drug-likeness (QED) is 0.176. The minimum Gasteiger partial charge on any atom is -0.457 e. The van der Waals surface area contributed by atoms with Crippen molar-refractivity contribution >= 4 is 0 Å². The van der Waals surface area contributed by atoms with Gasteiger partial charge in [-0.25, -0.2) is 0 Å². The molecule has 0 fully saturated rings. The molecule has 1 nitrogen and oxygen atoms in total. The molecule has 0 aromatic heterocycles. The molecule has 9 aromatic rings. The van der Waals surface area contributed by atoms with Crippen LogP contribution in [0.25, 0.3) is 44.5 Å². The minimum atomic E-state index is -0.528. The second-order valence-electron chi connectivity index (χ2n) is 15.5. The molecule has 0 unspecified atom stereocenters. The van der Waals surface area contributed by atoms with Crippen LogP contribution in [0.1, 0.15) is 44.5 Å². The van der Waals surface area contributed by atoms with Crippen molar-refractivity contribution in [1.29, 1.82) is 0 Å². The van der Waals surface area contributed by atoms with Crippen LogP contribution in [0.2, 0.25) is 0 Å². The van der Waals surface area contributed by atoms with Crippen molar-refractivity contribution in [2.45, 2.75) is 10.8 Å². The van der Waals surface area contributed by atoms with Gasteiger partial charge in [0.1, 0.15) is 11.5 Å². The van der Waals surface area contributed by atoms with Crippen molar-refractivity contribution < 1.29 is 4.74 Å². The molecule has 1 aliphatic heterocycles. The molecule has 2 aliphatic carbocycles. The lowest BCUT2D eigenvalue weighted by atomic mass is 9.65. The molecule has 3 aliphatic rings. The molecule has 1 heterocycles. The van der Waals surface area contributed by atoms with Gasteiger partial charge in [-0.15, -0.1) is 0 Å². The number of hydrogen-bond donors (Lipinski definition) is 0. The van der Waals surface area contributed by atoms with Gasteiger partial charge in [0.05, 0.1) is 10.8 Å². The second kappa shape index (κ2) is 12.1. The summed E-state index contributed by atoms with van der Waals surface area (Å²) in [6.45, 7) is 0. The van der Waals surface area contributed by atoms with Gasteiger partial charge in [-0.05, 0) is 96.1 Å². The first-order chi connectivity index (χ1) is 28.3. The molecule has 57 heavy (non-hydrogen) atoms. The Hall–Kier alpha value is -7.22. The topological polar surface area (TPSA) is 9.23 Å². The predicted octanol–water partition coefficient (Wildman–Crippen LogP) is 13.9. The molecule has 0 N–H and O–H groups in total. The van der Waals surface area contributed by atoms with Crippen LogP contribution in [-0.4, -0.2) is 0 Å². The highest BCUT2D eigenvalue weighted by Crippen LogP contribution is 2.63. The van der Waals surface area contributed by atoms with Crippen LogP contribution in [0.3, 0.4) is 0 Å². The normalized spacial score (nSPS) is 14.4. The van der Waals surface area contributed by atoms with Crippen LogP contribution in [0.15, 0.2) is 218 Å². The fourth-order valence-electron chi connectivity index (χ4n) is 10.7. The molecular formula is C56H36O. The van der Waals surface area contributed by atoms with Crippen LogP contribution >= 0.6 is 0 Å². The van der Waals surface area contributed by atoms with E-state index in [1.165, 1.54) is 83.5 Å². The van der Waals surface area contributed by atoms with E-state index in [0.717, 1.165) is 17.1 Å². The summed E-state index contributed by atoms with van der Waals surface area (Å²) in [7, 11) is 0. The smallest absolute Gasteiger partial charge is 0.132 e. The van der Waals surface area contributed by atoms with Crippen LogP contribution < -0.4 is 4.74 Å². The molecule has 1 heteroatoms. The zero-order valence-corrected chi connectivity index (χ0v) is 31.2. The average Bonchev–Trinajstić information content (AvgIpc) is 3.76. The van der Waals surface area contributed by atoms with Gasteiger partial charge < -0.3 is 4.74 Å². The third-order valence-electron chi connectivity index (χ3n) is 12.9. The Kier molecular flexibility index (Phi) is 6.83. The maximum atomic E-state index is 6.81. The standard InChI is InChI=1S/C56H36O/c1-3-18-38(19-4-1)55(39-20-5-2-6-21-39)48-30-14-11-26-45(48)54-44(27-17-32-50(54)55)41-23-8-7-22-40(41)37-34-35-53-51(36-37)56(49-31-15-16-33-52(49)57-53)46-28-12-9-24-42(46)43-25-10-13-29-47(43)56/h1-36H. The molecule has 0 radical (unpaired) electrons. The largest absolute Gasteiger partial charge is 0.457 e. The lowest BCUT2D eigenvalue weighted by molar-refractivity contribution is 0.436. The Balaban J connectivity index is 1.11. The third-order valence-corrected chi connectivity index (χ3v) is 12.9. The van der Waals surface area contributed by atoms with E-state index in [0.29, 0.717) is 0 Å². The third kappa shape index (κ3) is 4.23. The van der Waals surface area contributed by atoms with Crippen molar-refractivity contribution in [2.75, 3.05) is 0 Å². The predicted molar refractivity (Wildman–Crippen MR) is 232 cm³/mol. The number of benzene rings is 9. The van der Waals surface area contributed by atoms with Gasteiger partial charge in [-0.2, -0.15) is 0 Å². The molecule has 266 valence electrons. The van der Waals surface area contributed by atoms with E-state index in [1.54, 1.807) is 0 Å². The van der Waals surface area contributed by atoms with Gasteiger partial charge in [-0.1, -0.05) is 200 Å². The van der Waals surface area contributed by atoms with Crippen LogP contribution in [-0.2, 0) is 10.8 Å². The van der Waals surface area contributed by atoms with Gasteiger partial charge in [0.2, 0.25) is 0 Å². The average molecular weight is 725 g/mol. The highest BCUT2D eigenvalue weighted by Gasteiger charge is 2.51. The Bertz CT molecular complexity index is 2960. The SMILES string of the molecule is c1ccc(C2(c3ccccc3)c3ccccc3-c3c(-c4ccccc4-c4ccc5c(c4)C4(c6ccccc6O5)c5ccccc5-c5ccccc54)cccc32)cc1. The summed E-state index contributed by atoms with van der Waals surface area (Å²) >= 11 is 0. The van der Waals surface area contributed by atoms with E-state index < -0.39 is 10.8 Å². The highest BCUT2D eigenvalue weighted by molar-refractivity contribution is 5.99. The number of ether oxygens (including phenoxy) is 1. The van der Waals surface area contributed by atoms with E-state index in [2.05, 4.69) is 218 Å². The van der Waals surface area contributed by atoms with Gasteiger partial charge in [0.15, 0.2) is 0 Å². The second-order valence-corrected chi connectivity index (χ2v) is 15.5. The van der Waals surface area contributed by atoms with E-state index >= 15 is 0 Å². The summed E-state index contributed by atoms with van der Waals surface area (Å²) in [5.41, 5.74) is 19.0. The summed E-state index contributed by atoms with van der Waals surface area (Å²) in [6, 6.07) is 80.4. The zero-order valence-electron chi connectivity index (χ0n) is 31.2. The van der Waals surface area contributed by atoms with Gasteiger partial charge in [-0.3, -0.25) is 0 Å². The lowest BCUT2D eigenvalue weighted by Gasteiger charge is -2.39. The van der Waals surface area contributed by atoms with Crippen LogP contribution in [0.5, 0.6) is 11.5 Å². The van der Waals surface area contributed by atoms with Gasteiger partial charge >= 0.3 is 0 Å². The molecule has 12 rings (SSSR count). The van der Waals surface area contributed by atoms with E-state index in [-0.39, 0.29) is 0 Å². The van der Waals surface area contributed by atoms with Gasteiger partial charge in [0, 0.05) is 11.1 Å². The fourth-order valence-corrected chi connectivity index (χ4v) is 10.7. The lowest BCUT2D eigenvalue weighted by Crippen LogP contribution is -2.32. The Morgan fingerprint density at radius 1 is 0.263 bits per heavy atom. The van der Waals surface area contributed by atoms with Gasteiger partial charge in [0.25, 0.3) is 0 Å². The summed E-state index contributed by atoms with van der Waals surface area (Å²) in [5, 5.41) is 0. The van der Waals surface area contributed by atoms with E-state index in [9.17, 15) is 0 Å². The first-order valence-electron chi connectivity index (χ1n) is 19.8. The number of rotatable bonds is 4. The summed E-state index contributed by atoms with van der Waals surface area (Å²) in [6.07, 6.45) is 0. The Morgan fingerprint density at radius 2 is 0.719 bits per heavy atom. The van der Waals surface area contributed by atoms with Crippen LogP contribution in [0.4, 0.5) is 0 Å². The fraction of sp³-hybridized carbons (Fsp3) is 0.0357. The van der Waals surface area contributed by atoms with Crippen molar-refractivity contribution in [1.82, 2.24) is 0 Å². The van der Waals surface area contributed by atoms with Crippen molar-refractivity contribution in [3.8, 4) is 56.0 Å². The highest BCUT2D eigenvalue weighted by atomic mass is 16.5. The molecular weight excluding hydrogens is 689 g/mol. The Labute approximate surface area is 333 Å². The molecule has 1 spiro atoms. The van der Waals surface area contributed by atoms with Crippen molar-refractivity contribution in [3.05, 3.63) is 263 Å². The first-order valence-corrected chi connectivity index (χ1v) is 19.8. The summed E-state index contributed by atoms with van der Waals surface area (Å²) in [4.78, 5) is 0. The molecule has 0 bridgehead atoms. The van der Waals surface area contributed by atoms with Crippen molar-refractivity contribution in [3.63, 3.8) is 0 Å². The maximum Gasteiger partial charge on any atom is 0.132 e. The first kappa shape index (κ1) is 32.1. The number of para-hydroxylation sites is 1. The maximum absolute atomic E-state index is 6.81. The zero-order chi connectivity index (χ0) is 37.6.